The summed E-state index contributed by atoms with van der Waals surface area (Å²) in [4.78, 5) is 36.3. The Morgan fingerprint density at radius 1 is 1.00 bits per heavy atom. The molecule has 2 N–H and O–H groups in total. The molecule has 1 atom stereocenters. The van der Waals surface area contributed by atoms with Crippen LogP contribution in [0.15, 0.2) is 48.5 Å². The van der Waals surface area contributed by atoms with Crippen LogP contribution in [0.2, 0.25) is 5.02 Å². The van der Waals surface area contributed by atoms with E-state index < -0.39 is 23.7 Å². The van der Waals surface area contributed by atoms with E-state index in [4.69, 9.17) is 21.1 Å². The minimum Gasteiger partial charge on any atom is -0.469 e. The van der Waals surface area contributed by atoms with Gasteiger partial charge in [-0.1, -0.05) is 23.7 Å². The average Bonchev–Trinajstić information content (AvgIpc) is 2.67. The third-order valence-electron chi connectivity index (χ3n) is 3.97. The fourth-order valence-corrected chi connectivity index (χ4v) is 2.69. The first-order chi connectivity index (χ1) is 14.1. The van der Waals surface area contributed by atoms with Gasteiger partial charge in [-0.25, -0.2) is 4.79 Å². The number of ether oxygens (including phenoxy) is 2. The van der Waals surface area contributed by atoms with E-state index in [9.17, 15) is 14.4 Å². The van der Waals surface area contributed by atoms with Crippen LogP contribution in [-0.2, 0) is 14.3 Å². The minimum absolute atomic E-state index is 0.0256. The van der Waals surface area contributed by atoms with Crippen LogP contribution in [0.1, 0.15) is 49.2 Å². The Morgan fingerprint density at radius 2 is 1.60 bits per heavy atom. The molecule has 2 amide bonds. The molecule has 0 aromatic heterocycles. The Labute approximate surface area is 180 Å². The van der Waals surface area contributed by atoms with Crippen LogP contribution in [0.4, 0.5) is 10.5 Å². The number of carbonyl (C=O) groups is 3. The van der Waals surface area contributed by atoms with Crippen molar-refractivity contribution in [3.63, 3.8) is 0 Å². The summed E-state index contributed by atoms with van der Waals surface area (Å²) >= 11 is 5.92. The molecule has 160 valence electrons. The highest BCUT2D eigenvalue weighted by Gasteiger charge is 2.20. The fourth-order valence-electron chi connectivity index (χ4n) is 2.57. The van der Waals surface area contributed by atoms with Crippen molar-refractivity contribution in [2.75, 3.05) is 12.4 Å². The van der Waals surface area contributed by atoms with E-state index in [-0.39, 0.29) is 12.3 Å². The first-order valence-corrected chi connectivity index (χ1v) is 9.68. The van der Waals surface area contributed by atoms with Crippen LogP contribution in [0.5, 0.6) is 0 Å². The Hall–Kier alpha value is -3.06. The molecule has 0 bridgehead atoms. The highest BCUT2D eigenvalue weighted by Crippen LogP contribution is 2.21. The van der Waals surface area contributed by atoms with Gasteiger partial charge in [0.15, 0.2) is 0 Å². The zero-order chi connectivity index (χ0) is 22.3. The number of carbonyl (C=O) groups excluding carboxylic acids is 3. The second kappa shape index (κ2) is 10.1. The molecule has 0 fully saturated rings. The molecule has 0 spiro atoms. The summed E-state index contributed by atoms with van der Waals surface area (Å²) in [6, 6.07) is 12.6. The molecule has 30 heavy (non-hydrogen) atoms. The molecule has 0 radical (unpaired) electrons. The van der Waals surface area contributed by atoms with Crippen molar-refractivity contribution in [3.05, 3.63) is 64.7 Å². The molecule has 2 rings (SSSR count). The summed E-state index contributed by atoms with van der Waals surface area (Å²) in [5.74, 6) is -0.824. The first-order valence-electron chi connectivity index (χ1n) is 9.30. The fraction of sp³-hybridized carbons (Fsp3) is 0.318. The maximum atomic E-state index is 12.7. The van der Waals surface area contributed by atoms with Gasteiger partial charge in [0.25, 0.3) is 5.91 Å². The third-order valence-corrected chi connectivity index (χ3v) is 4.22. The van der Waals surface area contributed by atoms with Gasteiger partial charge in [0.1, 0.15) is 5.60 Å². The molecule has 0 aliphatic rings. The van der Waals surface area contributed by atoms with Crippen LogP contribution < -0.4 is 10.6 Å². The van der Waals surface area contributed by atoms with Gasteiger partial charge in [0.05, 0.1) is 19.6 Å². The van der Waals surface area contributed by atoms with Crippen molar-refractivity contribution in [2.45, 2.75) is 38.8 Å². The number of nitrogens with one attached hydrogen (secondary N) is 2. The molecule has 0 saturated carbocycles. The number of rotatable bonds is 6. The lowest BCUT2D eigenvalue weighted by Gasteiger charge is -2.20. The van der Waals surface area contributed by atoms with Crippen molar-refractivity contribution in [1.82, 2.24) is 5.32 Å². The molecule has 7 nitrogen and oxygen atoms in total. The van der Waals surface area contributed by atoms with Crippen molar-refractivity contribution in [3.8, 4) is 0 Å². The van der Waals surface area contributed by atoms with Gasteiger partial charge in [-0.15, -0.1) is 0 Å². The predicted octanol–water partition coefficient (Wildman–Crippen LogP) is 4.72. The molecule has 0 aliphatic heterocycles. The van der Waals surface area contributed by atoms with E-state index >= 15 is 0 Å². The van der Waals surface area contributed by atoms with E-state index in [0.29, 0.717) is 16.3 Å². The summed E-state index contributed by atoms with van der Waals surface area (Å²) in [6.07, 6.45) is -0.608. The number of hydrogen-bond donors (Lipinski definition) is 2. The maximum Gasteiger partial charge on any atom is 0.412 e. The number of methoxy groups -OCH3 is 1. The van der Waals surface area contributed by atoms with Crippen LogP contribution in [0, 0.1) is 0 Å². The number of esters is 1. The van der Waals surface area contributed by atoms with Crippen molar-refractivity contribution < 1.29 is 23.9 Å². The Balaban J connectivity index is 2.08. The SMILES string of the molecule is COC(=O)CC(NC(=O)c1ccc(NC(=O)OC(C)(C)C)cc1)c1ccc(Cl)cc1. The van der Waals surface area contributed by atoms with E-state index in [1.165, 1.54) is 7.11 Å². The lowest BCUT2D eigenvalue weighted by atomic mass is 10.0. The number of benzene rings is 2. The Bertz CT molecular complexity index is 889. The van der Waals surface area contributed by atoms with Gasteiger partial charge in [-0.05, 0) is 62.7 Å². The lowest BCUT2D eigenvalue weighted by molar-refractivity contribution is -0.141. The second-order valence-corrected chi connectivity index (χ2v) is 8.00. The molecule has 8 heteroatoms. The van der Waals surface area contributed by atoms with Crippen LogP contribution in [-0.4, -0.2) is 30.7 Å². The quantitative estimate of drug-likeness (QED) is 0.644. The highest BCUT2D eigenvalue weighted by molar-refractivity contribution is 6.30. The molecule has 0 heterocycles. The second-order valence-electron chi connectivity index (χ2n) is 7.56. The van der Waals surface area contributed by atoms with Crippen LogP contribution in [0.25, 0.3) is 0 Å². The van der Waals surface area contributed by atoms with Gasteiger partial charge in [-0.3, -0.25) is 14.9 Å². The summed E-state index contributed by atoms with van der Waals surface area (Å²) in [7, 11) is 1.29. The van der Waals surface area contributed by atoms with Gasteiger partial charge < -0.3 is 14.8 Å². The summed E-state index contributed by atoms with van der Waals surface area (Å²) in [5.41, 5.74) is 0.972. The van der Waals surface area contributed by atoms with Crippen molar-refractivity contribution in [2.24, 2.45) is 0 Å². The first kappa shape index (κ1) is 23.2. The Kier molecular flexibility index (Phi) is 7.83. The van der Waals surface area contributed by atoms with Crippen molar-refractivity contribution >= 4 is 35.3 Å². The smallest absolute Gasteiger partial charge is 0.412 e. The van der Waals surface area contributed by atoms with Crippen LogP contribution >= 0.6 is 11.6 Å². The maximum absolute atomic E-state index is 12.7. The molecule has 2 aromatic carbocycles. The summed E-state index contributed by atoms with van der Waals surface area (Å²) in [6.45, 7) is 5.31. The minimum atomic E-state index is -0.611. The lowest BCUT2D eigenvalue weighted by Crippen LogP contribution is -2.30. The van der Waals surface area contributed by atoms with E-state index in [0.717, 1.165) is 5.56 Å². The van der Waals surface area contributed by atoms with Gasteiger partial charge >= 0.3 is 12.1 Å². The molecule has 0 saturated heterocycles. The number of hydrogen-bond acceptors (Lipinski definition) is 5. The molecule has 2 aromatic rings. The van der Waals surface area contributed by atoms with E-state index in [2.05, 4.69) is 10.6 Å². The predicted molar refractivity (Wildman–Crippen MR) is 115 cm³/mol. The summed E-state index contributed by atoms with van der Waals surface area (Å²) < 4.78 is 9.93. The third kappa shape index (κ3) is 7.40. The summed E-state index contributed by atoms with van der Waals surface area (Å²) in [5, 5.41) is 5.99. The van der Waals surface area contributed by atoms with Gasteiger partial charge in [-0.2, -0.15) is 0 Å². The number of amides is 2. The van der Waals surface area contributed by atoms with Gasteiger partial charge in [0, 0.05) is 16.3 Å². The average molecular weight is 433 g/mol. The van der Waals surface area contributed by atoms with Crippen molar-refractivity contribution in [1.29, 1.82) is 0 Å². The van der Waals surface area contributed by atoms with E-state index in [1.807, 2.05) is 0 Å². The normalized spacial score (nSPS) is 11.9. The Morgan fingerprint density at radius 3 is 2.13 bits per heavy atom. The van der Waals surface area contributed by atoms with Gasteiger partial charge in [0.2, 0.25) is 0 Å². The topological polar surface area (TPSA) is 93.7 Å². The zero-order valence-electron chi connectivity index (χ0n) is 17.3. The number of halogens is 1. The molecule has 1 unspecified atom stereocenters. The zero-order valence-corrected chi connectivity index (χ0v) is 18.1. The highest BCUT2D eigenvalue weighted by atomic mass is 35.5. The monoisotopic (exact) mass is 432 g/mol. The standard InChI is InChI=1S/C22H25ClN2O5/c1-22(2,3)30-21(28)24-17-11-7-15(8-12-17)20(27)25-18(13-19(26)29-4)14-5-9-16(23)10-6-14/h5-12,18H,13H2,1-4H3,(H,24,28)(H,25,27). The number of anilines is 1. The largest absolute Gasteiger partial charge is 0.469 e. The van der Waals surface area contributed by atoms with E-state index in [1.54, 1.807) is 69.3 Å². The molecule has 0 aliphatic carbocycles. The molecular weight excluding hydrogens is 408 g/mol. The van der Waals surface area contributed by atoms with Crippen LogP contribution in [0.3, 0.4) is 0 Å². The molecular formula is C22H25ClN2O5.